The number of pyridine rings is 1. The summed E-state index contributed by atoms with van der Waals surface area (Å²) >= 11 is 0. The van der Waals surface area contributed by atoms with Gasteiger partial charge in [-0.25, -0.2) is 9.78 Å². The van der Waals surface area contributed by atoms with E-state index in [9.17, 15) is 4.79 Å². The molecule has 0 fully saturated rings. The van der Waals surface area contributed by atoms with E-state index in [0.29, 0.717) is 0 Å². The maximum atomic E-state index is 12.1. The Morgan fingerprint density at radius 1 is 1.14 bits per heavy atom. The van der Waals surface area contributed by atoms with Gasteiger partial charge in [0.25, 0.3) is 0 Å². The van der Waals surface area contributed by atoms with Crippen LogP contribution < -0.4 is 0 Å². The standard InChI is InChI=1S/C18H18N2O2/c1-18(2,3)22-17(21)20-10-8-14-12-13-6-4-5-7-15(13)19-16(14)9-11-20/h4-12H,1-3H3. The van der Waals surface area contributed by atoms with Crippen molar-refractivity contribution in [2.24, 2.45) is 0 Å². The summed E-state index contributed by atoms with van der Waals surface area (Å²) in [7, 11) is 0. The lowest BCUT2D eigenvalue weighted by Gasteiger charge is -2.22. The molecule has 22 heavy (non-hydrogen) atoms. The Morgan fingerprint density at radius 2 is 1.86 bits per heavy atom. The van der Waals surface area contributed by atoms with Gasteiger partial charge in [0.2, 0.25) is 0 Å². The third-order valence-electron chi connectivity index (χ3n) is 3.20. The molecule has 1 amide bonds. The number of hydrogen-bond acceptors (Lipinski definition) is 3. The molecule has 1 aromatic heterocycles. The maximum Gasteiger partial charge on any atom is 0.418 e. The molecule has 2 aromatic rings. The summed E-state index contributed by atoms with van der Waals surface area (Å²) in [5.41, 5.74) is 2.22. The molecule has 1 aliphatic heterocycles. The molecule has 0 N–H and O–H groups in total. The fraction of sp³-hybridized carbons (Fsp3) is 0.222. The molecule has 1 aliphatic rings. The van der Waals surface area contributed by atoms with Gasteiger partial charge in [-0.1, -0.05) is 18.2 Å². The monoisotopic (exact) mass is 294 g/mol. The van der Waals surface area contributed by atoms with Gasteiger partial charge < -0.3 is 4.74 Å². The molecule has 112 valence electrons. The number of rotatable bonds is 0. The lowest BCUT2D eigenvalue weighted by molar-refractivity contribution is 0.0402. The van der Waals surface area contributed by atoms with Crippen LogP contribution in [0, 0.1) is 0 Å². The van der Waals surface area contributed by atoms with Gasteiger partial charge in [-0.05, 0) is 45.1 Å². The van der Waals surface area contributed by atoms with Crippen molar-refractivity contribution in [2.75, 3.05) is 0 Å². The van der Waals surface area contributed by atoms with Crippen LogP contribution in [0.5, 0.6) is 0 Å². The van der Waals surface area contributed by atoms with Crippen molar-refractivity contribution in [1.29, 1.82) is 0 Å². The zero-order valence-electron chi connectivity index (χ0n) is 12.9. The highest BCUT2D eigenvalue weighted by Crippen LogP contribution is 2.22. The van der Waals surface area contributed by atoms with Gasteiger partial charge >= 0.3 is 6.09 Å². The molecule has 0 atom stereocenters. The van der Waals surface area contributed by atoms with Crippen LogP contribution in [0.4, 0.5) is 4.79 Å². The topological polar surface area (TPSA) is 42.4 Å². The average molecular weight is 294 g/mol. The molecule has 2 heterocycles. The van der Waals surface area contributed by atoms with Crippen LogP contribution in [0.15, 0.2) is 42.7 Å². The van der Waals surface area contributed by atoms with Crippen molar-refractivity contribution in [3.05, 3.63) is 54.0 Å². The van der Waals surface area contributed by atoms with Gasteiger partial charge in [-0.2, -0.15) is 0 Å². The number of ether oxygens (including phenoxy) is 1. The van der Waals surface area contributed by atoms with Gasteiger partial charge in [-0.3, -0.25) is 4.90 Å². The summed E-state index contributed by atoms with van der Waals surface area (Å²) < 4.78 is 5.37. The Hall–Kier alpha value is -2.62. The first kappa shape index (κ1) is 14.3. The zero-order chi connectivity index (χ0) is 15.7. The van der Waals surface area contributed by atoms with Crippen LogP contribution in [0.3, 0.4) is 0 Å². The number of para-hydroxylation sites is 1. The second-order valence-corrected chi connectivity index (χ2v) is 6.17. The first-order chi connectivity index (χ1) is 10.4. The van der Waals surface area contributed by atoms with E-state index in [4.69, 9.17) is 4.74 Å². The minimum absolute atomic E-state index is 0.405. The number of benzene rings is 1. The first-order valence-corrected chi connectivity index (χ1v) is 7.20. The largest absolute Gasteiger partial charge is 0.443 e. The summed E-state index contributed by atoms with van der Waals surface area (Å²) in [4.78, 5) is 18.2. The van der Waals surface area contributed by atoms with E-state index in [1.54, 1.807) is 12.4 Å². The van der Waals surface area contributed by atoms with E-state index >= 15 is 0 Å². The van der Waals surface area contributed by atoms with Gasteiger partial charge in [0.1, 0.15) is 5.60 Å². The summed E-state index contributed by atoms with van der Waals surface area (Å²) in [5.74, 6) is 0. The Bertz CT molecular complexity index is 733. The Kier molecular flexibility index (Phi) is 3.45. The number of fused-ring (bicyclic) bond motifs is 2. The highest BCUT2D eigenvalue weighted by molar-refractivity contribution is 5.85. The number of hydrogen-bond donors (Lipinski definition) is 0. The van der Waals surface area contributed by atoms with E-state index in [-0.39, 0.29) is 0 Å². The average Bonchev–Trinajstić information content (AvgIpc) is 2.65. The molecule has 4 nitrogen and oxygen atoms in total. The molecule has 4 heteroatoms. The Morgan fingerprint density at radius 3 is 2.64 bits per heavy atom. The summed E-state index contributed by atoms with van der Waals surface area (Å²) in [5, 5.41) is 1.07. The summed E-state index contributed by atoms with van der Waals surface area (Å²) in [6, 6.07) is 10.0. The second-order valence-electron chi connectivity index (χ2n) is 6.17. The van der Waals surface area contributed by atoms with E-state index in [0.717, 1.165) is 22.2 Å². The predicted octanol–water partition coefficient (Wildman–Crippen LogP) is 4.43. The van der Waals surface area contributed by atoms with Crippen LogP contribution in [-0.2, 0) is 4.74 Å². The van der Waals surface area contributed by atoms with Gasteiger partial charge in [0, 0.05) is 23.3 Å². The third kappa shape index (κ3) is 3.01. The molecule has 0 bridgehead atoms. The molecule has 0 saturated heterocycles. The van der Waals surface area contributed by atoms with Crippen molar-refractivity contribution in [2.45, 2.75) is 26.4 Å². The fourth-order valence-corrected chi connectivity index (χ4v) is 2.21. The number of aromatic nitrogens is 1. The summed E-state index contributed by atoms with van der Waals surface area (Å²) in [6.45, 7) is 5.54. The highest BCUT2D eigenvalue weighted by atomic mass is 16.6. The normalized spacial score (nSPS) is 13.9. The Labute approximate surface area is 129 Å². The smallest absolute Gasteiger partial charge is 0.418 e. The zero-order valence-corrected chi connectivity index (χ0v) is 12.9. The highest BCUT2D eigenvalue weighted by Gasteiger charge is 2.20. The number of carbonyl (C=O) groups excluding carboxylic acids is 1. The maximum absolute atomic E-state index is 12.1. The molecular weight excluding hydrogens is 276 g/mol. The molecule has 0 spiro atoms. The lowest BCUT2D eigenvalue weighted by Crippen LogP contribution is -2.30. The third-order valence-corrected chi connectivity index (χ3v) is 3.20. The van der Waals surface area contributed by atoms with Crippen molar-refractivity contribution < 1.29 is 9.53 Å². The quantitative estimate of drug-likeness (QED) is 0.722. The van der Waals surface area contributed by atoms with Crippen LogP contribution in [0.2, 0.25) is 0 Å². The molecule has 0 radical (unpaired) electrons. The van der Waals surface area contributed by atoms with Crippen LogP contribution >= 0.6 is 0 Å². The predicted molar refractivity (Wildman–Crippen MR) is 87.9 cm³/mol. The molecule has 1 aromatic carbocycles. The second kappa shape index (κ2) is 5.30. The van der Waals surface area contributed by atoms with E-state index in [1.165, 1.54) is 4.90 Å². The van der Waals surface area contributed by atoms with E-state index < -0.39 is 11.7 Å². The number of nitrogens with zero attached hydrogens (tertiary/aromatic N) is 2. The van der Waals surface area contributed by atoms with Crippen LogP contribution in [-0.4, -0.2) is 21.6 Å². The molecule has 0 aliphatic carbocycles. The van der Waals surface area contributed by atoms with Crippen molar-refractivity contribution >= 4 is 29.1 Å². The summed E-state index contributed by atoms with van der Waals surface area (Å²) in [6.07, 6.45) is 6.67. The lowest BCUT2D eigenvalue weighted by atomic mass is 10.1. The van der Waals surface area contributed by atoms with Gasteiger partial charge in [-0.15, -0.1) is 0 Å². The van der Waals surface area contributed by atoms with Crippen LogP contribution in [0.25, 0.3) is 23.1 Å². The van der Waals surface area contributed by atoms with Crippen molar-refractivity contribution in [1.82, 2.24) is 9.88 Å². The van der Waals surface area contributed by atoms with Gasteiger partial charge in [0.05, 0.1) is 11.2 Å². The fourth-order valence-electron chi connectivity index (χ4n) is 2.21. The molecule has 0 unspecified atom stereocenters. The molecular formula is C18H18N2O2. The van der Waals surface area contributed by atoms with Crippen molar-refractivity contribution in [3.8, 4) is 0 Å². The number of carbonyl (C=O) groups is 1. The molecule has 0 saturated carbocycles. The molecule has 3 rings (SSSR count). The SMILES string of the molecule is CC(C)(C)OC(=O)N1C=Cc2cc3ccccc3nc2C=C1. The van der Waals surface area contributed by atoms with Crippen molar-refractivity contribution in [3.63, 3.8) is 0 Å². The first-order valence-electron chi connectivity index (χ1n) is 7.20. The Balaban J connectivity index is 1.93. The minimum atomic E-state index is -0.523. The van der Waals surface area contributed by atoms with Gasteiger partial charge in [0.15, 0.2) is 0 Å². The van der Waals surface area contributed by atoms with E-state index in [1.807, 2.05) is 57.2 Å². The van der Waals surface area contributed by atoms with E-state index in [2.05, 4.69) is 11.1 Å². The number of amides is 1. The minimum Gasteiger partial charge on any atom is -0.443 e. The van der Waals surface area contributed by atoms with Crippen LogP contribution in [0.1, 0.15) is 32.0 Å².